The lowest BCUT2D eigenvalue weighted by Gasteiger charge is -2.20. The highest BCUT2D eigenvalue weighted by Crippen LogP contribution is 2.28. The summed E-state index contributed by atoms with van der Waals surface area (Å²) in [5.41, 5.74) is 1.77. The van der Waals surface area contributed by atoms with Crippen LogP contribution in [0.4, 0.5) is 0 Å². The van der Waals surface area contributed by atoms with Gasteiger partial charge < -0.3 is 10.1 Å². The number of aryl methyl sites for hydroxylation is 1. The van der Waals surface area contributed by atoms with Gasteiger partial charge in [0, 0.05) is 25.5 Å². The highest BCUT2D eigenvalue weighted by molar-refractivity contribution is 6.29. The second-order valence-electron chi connectivity index (χ2n) is 6.30. The maximum Gasteiger partial charge on any atom is 0.274 e. The van der Waals surface area contributed by atoms with Crippen molar-refractivity contribution in [1.29, 1.82) is 0 Å². The van der Waals surface area contributed by atoms with E-state index in [9.17, 15) is 9.59 Å². The number of nitrogens with zero attached hydrogens (tertiary/aromatic N) is 3. The molecule has 8 heteroatoms. The summed E-state index contributed by atoms with van der Waals surface area (Å²) in [6.07, 6.45) is 0.407. The lowest BCUT2D eigenvalue weighted by atomic mass is 10.1. The van der Waals surface area contributed by atoms with E-state index in [-0.39, 0.29) is 35.5 Å². The number of ether oxygens (including phenoxy) is 1. The van der Waals surface area contributed by atoms with Crippen molar-refractivity contribution in [2.45, 2.75) is 25.8 Å². The molecule has 2 aromatic heterocycles. The van der Waals surface area contributed by atoms with Crippen LogP contribution in [-0.2, 0) is 11.2 Å². The molecule has 1 N–H and O–H groups in total. The van der Waals surface area contributed by atoms with Crippen LogP contribution >= 0.6 is 11.6 Å². The van der Waals surface area contributed by atoms with E-state index in [1.54, 1.807) is 30.9 Å². The van der Waals surface area contributed by atoms with E-state index in [0.717, 1.165) is 5.56 Å². The third kappa shape index (κ3) is 3.84. The normalized spacial score (nSPS) is 12.0. The van der Waals surface area contributed by atoms with Crippen LogP contribution in [-0.4, -0.2) is 34.6 Å². The van der Waals surface area contributed by atoms with Gasteiger partial charge in [-0.05, 0) is 25.1 Å². The van der Waals surface area contributed by atoms with Gasteiger partial charge in [0.25, 0.3) is 5.56 Å². The van der Waals surface area contributed by atoms with Crippen molar-refractivity contribution in [3.63, 3.8) is 0 Å². The molecule has 0 saturated heterocycles. The van der Waals surface area contributed by atoms with Gasteiger partial charge in [0.2, 0.25) is 5.91 Å². The summed E-state index contributed by atoms with van der Waals surface area (Å²) in [5, 5.41) is 2.83. The molecule has 0 bridgehead atoms. The number of para-hydroxylation sites is 1. The van der Waals surface area contributed by atoms with Crippen LogP contribution in [0, 0.1) is 0 Å². The summed E-state index contributed by atoms with van der Waals surface area (Å²) >= 11 is 6.08. The molecule has 0 aliphatic rings. The summed E-state index contributed by atoms with van der Waals surface area (Å²) in [4.78, 5) is 33.7. The molecule has 0 aliphatic heterocycles. The molecule has 0 saturated carbocycles. The SMILES string of the molecule is CNC(=O)CCc1nc2ccc(Cl)nc2n([C@@H](C)c2ccccc2OC)c1=O. The maximum absolute atomic E-state index is 13.3. The molecule has 146 valence electrons. The Balaban J connectivity index is 2.21. The van der Waals surface area contributed by atoms with Crippen LogP contribution in [0.2, 0.25) is 5.15 Å². The molecule has 1 amide bonds. The Morgan fingerprint density at radius 2 is 2.00 bits per heavy atom. The average molecular weight is 401 g/mol. The van der Waals surface area contributed by atoms with Gasteiger partial charge in [0.15, 0.2) is 5.65 Å². The summed E-state index contributed by atoms with van der Waals surface area (Å²) in [7, 11) is 3.15. The minimum Gasteiger partial charge on any atom is -0.496 e. The maximum atomic E-state index is 13.3. The first-order chi connectivity index (χ1) is 13.5. The minimum atomic E-state index is -0.376. The predicted molar refractivity (Wildman–Crippen MR) is 108 cm³/mol. The zero-order chi connectivity index (χ0) is 20.3. The molecular weight excluding hydrogens is 380 g/mol. The van der Waals surface area contributed by atoms with E-state index in [0.29, 0.717) is 22.6 Å². The van der Waals surface area contributed by atoms with Gasteiger partial charge in [-0.2, -0.15) is 0 Å². The Kier molecular flexibility index (Phi) is 5.94. The minimum absolute atomic E-state index is 0.153. The number of hydrogen-bond donors (Lipinski definition) is 1. The fourth-order valence-electron chi connectivity index (χ4n) is 3.14. The lowest BCUT2D eigenvalue weighted by Crippen LogP contribution is -2.30. The summed E-state index contributed by atoms with van der Waals surface area (Å²) in [6, 6.07) is 10.5. The fourth-order valence-corrected chi connectivity index (χ4v) is 3.28. The van der Waals surface area contributed by atoms with Crippen LogP contribution in [0.25, 0.3) is 11.2 Å². The molecule has 1 atom stereocenters. The molecule has 0 unspecified atom stereocenters. The number of amides is 1. The fraction of sp³-hybridized carbons (Fsp3) is 0.300. The summed E-state index contributed by atoms with van der Waals surface area (Å²) < 4.78 is 7.02. The highest BCUT2D eigenvalue weighted by atomic mass is 35.5. The zero-order valence-corrected chi connectivity index (χ0v) is 16.7. The van der Waals surface area contributed by atoms with Crippen LogP contribution in [0.3, 0.4) is 0 Å². The number of benzene rings is 1. The Hall–Kier alpha value is -2.93. The van der Waals surface area contributed by atoms with Gasteiger partial charge in [0.05, 0.1) is 13.2 Å². The van der Waals surface area contributed by atoms with Crippen molar-refractivity contribution >= 4 is 28.7 Å². The number of halogens is 1. The van der Waals surface area contributed by atoms with Crippen LogP contribution in [0.1, 0.15) is 30.6 Å². The van der Waals surface area contributed by atoms with Crippen molar-refractivity contribution in [2.24, 2.45) is 0 Å². The molecule has 7 nitrogen and oxygen atoms in total. The number of hydrogen-bond acceptors (Lipinski definition) is 5. The molecule has 28 heavy (non-hydrogen) atoms. The number of carbonyl (C=O) groups is 1. The Bertz CT molecular complexity index is 1080. The molecule has 0 radical (unpaired) electrons. The van der Waals surface area contributed by atoms with Crippen molar-refractivity contribution in [2.75, 3.05) is 14.2 Å². The van der Waals surface area contributed by atoms with Gasteiger partial charge in [-0.15, -0.1) is 0 Å². The average Bonchev–Trinajstić information content (AvgIpc) is 2.71. The van der Waals surface area contributed by atoms with Crippen molar-refractivity contribution in [1.82, 2.24) is 19.9 Å². The molecular formula is C20H21ClN4O3. The standard InChI is InChI=1S/C20H21ClN4O3/c1-12(13-6-4-5-7-16(13)28-3)25-19-14(8-10-17(21)24-19)23-15(20(25)27)9-11-18(26)22-2/h4-8,10,12H,9,11H2,1-3H3,(H,22,26)/t12-/m0/s1. The molecule has 0 spiro atoms. The van der Waals surface area contributed by atoms with Crippen LogP contribution < -0.4 is 15.6 Å². The Labute approximate surface area is 167 Å². The van der Waals surface area contributed by atoms with Crippen molar-refractivity contribution in [3.8, 4) is 5.75 Å². The van der Waals surface area contributed by atoms with E-state index in [1.807, 2.05) is 31.2 Å². The first kappa shape index (κ1) is 19.8. The third-order valence-electron chi connectivity index (χ3n) is 4.61. The van der Waals surface area contributed by atoms with Crippen molar-refractivity contribution < 1.29 is 9.53 Å². The van der Waals surface area contributed by atoms with Crippen LogP contribution in [0.5, 0.6) is 5.75 Å². The van der Waals surface area contributed by atoms with Gasteiger partial charge >= 0.3 is 0 Å². The summed E-state index contributed by atoms with van der Waals surface area (Å²) in [5.74, 6) is 0.514. The molecule has 3 rings (SSSR count). The number of carbonyl (C=O) groups excluding carboxylic acids is 1. The second kappa shape index (κ2) is 8.39. The van der Waals surface area contributed by atoms with Gasteiger partial charge in [0.1, 0.15) is 22.1 Å². The second-order valence-corrected chi connectivity index (χ2v) is 6.69. The molecule has 0 aliphatic carbocycles. The molecule has 2 heterocycles. The zero-order valence-electron chi connectivity index (χ0n) is 15.9. The monoisotopic (exact) mass is 400 g/mol. The third-order valence-corrected chi connectivity index (χ3v) is 4.82. The largest absolute Gasteiger partial charge is 0.496 e. The Morgan fingerprint density at radius 3 is 2.71 bits per heavy atom. The number of fused-ring (bicyclic) bond motifs is 1. The van der Waals surface area contributed by atoms with E-state index in [2.05, 4.69) is 15.3 Å². The predicted octanol–water partition coefficient (Wildman–Crippen LogP) is 2.74. The number of rotatable bonds is 6. The quantitative estimate of drug-likeness (QED) is 0.643. The number of aromatic nitrogens is 3. The highest BCUT2D eigenvalue weighted by Gasteiger charge is 2.21. The number of methoxy groups -OCH3 is 1. The first-order valence-corrected chi connectivity index (χ1v) is 9.25. The van der Waals surface area contributed by atoms with E-state index in [4.69, 9.17) is 16.3 Å². The number of pyridine rings is 1. The first-order valence-electron chi connectivity index (χ1n) is 8.87. The van der Waals surface area contributed by atoms with Crippen molar-refractivity contribution in [3.05, 3.63) is 63.2 Å². The smallest absolute Gasteiger partial charge is 0.274 e. The number of nitrogens with one attached hydrogen (secondary N) is 1. The Morgan fingerprint density at radius 1 is 1.25 bits per heavy atom. The van der Waals surface area contributed by atoms with Gasteiger partial charge in [-0.1, -0.05) is 29.8 Å². The molecule has 0 fully saturated rings. The van der Waals surface area contributed by atoms with E-state index >= 15 is 0 Å². The molecule has 3 aromatic rings. The van der Waals surface area contributed by atoms with Gasteiger partial charge in [-0.3, -0.25) is 14.2 Å². The van der Waals surface area contributed by atoms with Crippen LogP contribution in [0.15, 0.2) is 41.2 Å². The van der Waals surface area contributed by atoms with E-state index < -0.39 is 0 Å². The van der Waals surface area contributed by atoms with E-state index in [1.165, 1.54) is 0 Å². The summed E-state index contributed by atoms with van der Waals surface area (Å²) in [6.45, 7) is 1.89. The van der Waals surface area contributed by atoms with Gasteiger partial charge in [-0.25, -0.2) is 9.97 Å². The topological polar surface area (TPSA) is 86.1 Å². The molecule has 1 aromatic carbocycles. The lowest BCUT2D eigenvalue weighted by molar-refractivity contribution is -0.120.